The largest absolute Gasteiger partial charge is 0.351 e. The van der Waals surface area contributed by atoms with E-state index in [-0.39, 0.29) is 16.7 Å². The third-order valence-corrected chi connectivity index (χ3v) is 7.30. The molecule has 132 valence electrons. The Morgan fingerprint density at radius 3 is 2.44 bits per heavy atom. The van der Waals surface area contributed by atoms with E-state index in [1.807, 2.05) is 6.07 Å². The number of piperidine rings is 2. The Balaban J connectivity index is 1.70. The SMILES string of the molecule is CCCC12C[NH+]3CC(C)(C[NH+](C1)C31C(=O)Nc3ccc(C)cc31)C2=O. The van der Waals surface area contributed by atoms with Gasteiger partial charge in [-0.15, -0.1) is 0 Å². The van der Waals surface area contributed by atoms with E-state index in [2.05, 4.69) is 38.2 Å². The van der Waals surface area contributed by atoms with Crippen LogP contribution in [0.5, 0.6) is 0 Å². The van der Waals surface area contributed by atoms with Crippen molar-refractivity contribution in [2.24, 2.45) is 10.8 Å². The van der Waals surface area contributed by atoms with Gasteiger partial charge in [0, 0.05) is 0 Å². The lowest BCUT2D eigenvalue weighted by Crippen LogP contribution is -3.48. The first-order chi connectivity index (χ1) is 11.9. The summed E-state index contributed by atoms with van der Waals surface area (Å²) in [5.41, 5.74) is 2.22. The van der Waals surface area contributed by atoms with Gasteiger partial charge in [-0.25, -0.2) is 0 Å². The lowest BCUT2D eigenvalue weighted by atomic mass is 9.58. The van der Waals surface area contributed by atoms with Gasteiger partial charge in [-0.1, -0.05) is 25.0 Å². The Morgan fingerprint density at radius 2 is 1.80 bits per heavy atom. The maximum absolute atomic E-state index is 13.3. The second-order valence-electron chi connectivity index (χ2n) is 9.09. The average Bonchev–Trinajstić information content (AvgIpc) is 2.81. The minimum atomic E-state index is -0.557. The summed E-state index contributed by atoms with van der Waals surface area (Å²) in [5, 5.41) is 3.15. The van der Waals surface area contributed by atoms with E-state index in [0.717, 1.165) is 50.3 Å². The van der Waals surface area contributed by atoms with Gasteiger partial charge in [0.2, 0.25) is 0 Å². The highest BCUT2D eigenvalue weighted by atomic mass is 16.2. The number of hydrogen-bond acceptors (Lipinski definition) is 2. The van der Waals surface area contributed by atoms with E-state index < -0.39 is 5.66 Å². The van der Waals surface area contributed by atoms with Crippen molar-refractivity contribution in [1.29, 1.82) is 0 Å². The maximum atomic E-state index is 13.3. The fourth-order valence-corrected chi connectivity index (χ4v) is 6.64. The zero-order valence-corrected chi connectivity index (χ0v) is 15.3. The van der Waals surface area contributed by atoms with Crippen molar-refractivity contribution in [3.63, 3.8) is 0 Å². The lowest BCUT2D eigenvalue weighted by molar-refractivity contribution is -1.20. The highest BCUT2D eigenvalue weighted by Gasteiger charge is 2.78. The molecule has 4 saturated heterocycles. The standard InChI is InChI=1S/C20H25N3O2/c1-4-7-19-11-22-9-18(3,16(19)24)10-23(12-19)20(22)14-8-13(2)5-6-15(14)21-17(20)25/h5-6,8H,4,7,9-12H2,1-3H3,(H,21,25)/p+2. The van der Waals surface area contributed by atoms with Crippen molar-refractivity contribution >= 4 is 17.4 Å². The molecular formula is C20H27N3O2+2. The van der Waals surface area contributed by atoms with Crippen molar-refractivity contribution in [2.45, 2.75) is 39.3 Å². The molecule has 1 spiro atoms. The molecule has 0 aromatic heterocycles. The number of carbonyl (C=O) groups excluding carboxylic acids is 2. The van der Waals surface area contributed by atoms with Gasteiger partial charge >= 0.3 is 11.6 Å². The van der Waals surface area contributed by atoms with Crippen LogP contribution in [0.15, 0.2) is 18.2 Å². The van der Waals surface area contributed by atoms with Crippen LogP contribution >= 0.6 is 0 Å². The first-order valence-corrected chi connectivity index (χ1v) is 9.54. The summed E-state index contributed by atoms with van der Waals surface area (Å²) in [5.74, 6) is 0.590. The summed E-state index contributed by atoms with van der Waals surface area (Å²) < 4.78 is 0. The van der Waals surface area contributed by atoms with E-state index in [4.69, 9.17) is 0 Å². The summed E-state index contributed by atoms with van der Waals surface area (Å²) in [6.07, 6.45) is 1.98. The maximum Gasteiger partial charge on any atom is 0.351 e. The number of hydrogen-bond donors (Lipinski definition) is 3. The van der Waals surface area contributed by atoms with Gasteiger partial charge in [-0.05, 0) is 32.4 Å². The molecule has 1 amide bonds. The molecule has 1 aromatic rings. The molecule has 0 radical (unpaired) electrons. The number of fused-ring (bicyclic) bond motifs is 1. The number of amides is 1. The fraction of sp³-hybridized carbons (Fsp3) is 0.600. The Morgan fingerprint density at radius 1 is 1.12 bits per heavy atom. The Hall–Kier alpha value is -1.72. The summed E-state index contributed by atoms with van der Waals surface area (Å²) >= 11 is 0. The zero-order chi connectivity index (χ0) is 17.6. The van der Waals surface area contributed by atoms with Crippen molar-refractivity contribution in [3.05, 3.63) is 29.3 Å². The predicted molar refractivity (Wildman–Crippen MR) is 93.3 cm³/mol. The number of anilines is 1. The number of quaternary nitrogens is 2. The van der Waals surface area contributed by atoms with Gasteiger partial charge in [0.25, 0.3) is 0 Å². The first kappa shape index (κ1) is 15.5. The van der Waals surface area contributed by atoms with Crippen LogP contribution in [0.2, 0.25) is 0 Å². The molecule has 6 rings (SSSR count). The molecule has 5 heterocycles. The summed E-state index contributed by atoms with van der Waals surface area (Å²) in [7, 11) is 0. The molecule has 5 heteroatoms. The molecular weight excluding hydrogens is 314 g/mol. The lowest BCUT2D eigenvalue weighted by Gasteiger charge is -2.62. The Kier molecular flexibility index (Phi) is 2.80. The predicted octanol–water partition coefficient (Wildman–Crippen LogP) is -0.728. The molecule has 5 aliphatic rings. The monoisotopic (exact) mass is 341 g/mol. The highest BCUT2D eigenvalue weighted by Crippen LogP contribution is 2.43. The van der Waals surface area contributed by atoms with Crippen molar-refractivity contribution in [2.75, 3.05) is 31.5 Å². The molecule has 4 fully saturated rings. The highest BCUT2D eigenvalue weighted by molar-refractivity contribution is 6.04. The summed E-state index contributed by atoms with van der Waals surface area (Å²) in [4.78, 5) is 29.1. The molecule has 25 heavy (non-hydrogen) atoms. The van der Waals surface area contributed by atoms with Crippen LogP contribution in [0.25, 0.3) is 0 Å². The molecule has 5 aliphatic heterocycles. The zero-order valence-electron chi connectivity index (χ0n) is 15.3. The van der Waals surface area contributed by atoms with Crippen molar-refractivity contribution in [3.8, 4) is 0 Å². The van der Waals surface area contributed by atoms with Crippen LogP contribution in [0.4, 0.5) is 5.69 Å². The molecule has 2 atom stereocenters. The average molecular weight is 341 g/mol. The van der Waals surface area contributed by atoms with Gasteiger partial charge in [-0.2, -0.15) is 0 Å². The molecule has 5 nitrogen and oxygen atoms in total. The van der Waals surface area contributed by atoms with E-state index in [1.165, 1.54) is 15.4 Å². The quantitative estimate of drug-likeness (QED) is 0.665. The van der Waals surface area contributed by atoms with Crippen LogP contribution < -0.4 is 15.1 Å². The molecule has 2 unspecified atom stereocenters. The molecule has 4 bridgehead atoms. The summed E-state index contributed by atoms with van der Waals surface area (Å²) in [6.45, 7) is 9.56. The van der Waals surface area contributed by atoms with Crippen LogP contribution in [0.1, 0.15) is 37.8 Å². The van der Waals surface area contributed by atoms with Crippen LogP contribution in [0.3, 0.4) is 0 Å². The van der Waals surface area contributed by atoms with Gasteiger partial charge in [-0.3, -0.25) is 19.4 Å². The number of nitrogens with one attached hydrogen (secondary N) is 3. The second-order valence-corrected chi connectivity index (χ2v) is 9.09. The Bertz CT molecular complexity index is 799. The Labute approximate surface area is 148 Å². The van der Waals surface area contributed by atoms with Gasteiger partial charge < -0.3 is 5.32 Å². The first-order valence-electron chi connectivity index (χ1n) is 9.54. The topological polar surface area (TPSA) is 55.1 Å². The number of benzene rings is 1. The molecule has 3 N–H and O–H groups in total. The van der Waals surface area contributed by atoms with E-state index >= 15 is 0 Å². The number of Topliss-reactive ketones (excluding diaryl/α,β-unsaturated/α-hetero) is 1. The normalized spacial score (nSPS) is 43.6. The molecule has 0 aliphatic carbocycles. The third-order valence-electron chi connectivity index (χ3n) is 7.30. The fourth-order valence-electron chi connectivity index (χ4n) is 6.64. The van der Waals surface area contributed by atoms with Crippen molar-refractivity contribution < 1.29 is 19.4 Å². The minimum absolute atomic E-state index is 0.125. The second kappa shape index (κ2) is 4.51. The smallest absolute Gasteiger partial charge is 0.314 e. The van der Waals surface area contributed by atoms with E-state index in [9.17, 15) is 9.59 Å². The number of aryl methyl sites for hydroxylation is 1. The number of ketones is 1. The third kappa shape index (κ3) is 1.62. The van der Waals surface area contributed by atoms with Crippen LogP contribution in [-0.2, 0) is 15.3 Å². The van der Waals surface area contributed by atoms with Gasteiger partial charge in [0.05, 0.1) is 5.69 Å². The minimum Gasteiger partial charge on any atom is -0.314 e. The number of rotatable bonds is 2. The van der Waals surface area contributed by atoms with Crippen LogP contribution in [-0.4, -0.2) is 37.9 Å². The van der Waals surface area contributed by atoms with Gasteiger partial charge in [0.1, 0.15) is 42.6 Å². The van der Waals surface area contributed by atoms with Crippen molar-refractivity contribution in [1.82, 2.24) is 0 Å². The number of carbonyl (C=O) groups is 2. The van der Waals surface area contributed by atoms with Gasteiger partial charge in [0.15, 0.2) is 5.78 Å². The van der Waals surface area contributed by atoms with Crippen LogP contribution in [0, 0.1) is 17.8 Å². The van der Waals surface area contributed by atoms with E-state index in [1.54, 1.807) is 0 Å². The van der Waals surface area contributed by atoms with E-state index in [0.29, 0.717) is 5.78 Å². The summed E-state index contributed by atoms with van der Waals surface area (Å²) in [6, 6.07) is 6.29. The molecule has 1 aromatic carbocycles. The molecule has 0 saturated carbocycles.